The van der Waals surface area contributed by atoms with Crippen molar-refractivity contribution in [1.29, 1.82) is 0 Å². The second-order valence-electron chi connectivity index (χ2n) is 4.25. The molecule has 0 bridgehead atoms. The van der Waals surface area contributed by atoms with Crippen molar-refractivity contribution < 1.29 is 4.21 Å². The smallest absolute Gasteiger partial charge is 0.0384 e. The summed E-state index contributed by atoms with van der Waals surface area (Å²) >= 11 is 0. The predicted molar refractivity (Wildman–Crippen MR) is 58.1 cm³/mol. The summed E-state index contributed by atoms with van der Waals surface area (Å²) < 4.78 is 11.6. The van der Waals surface area contributed by atoms with Gasteiger partial charge >= 0.3 is 0 Å². The molecule has 0 spiro atoms. The molecule has 1 aliphatic carbocycles. The summed E-state index contributed by atoms with van der Waals surface area (Å²) in [6.07, 6.45) is 6.60. The van der Waals surface area contributed by atoms with Gasteiger partial charge in [-0.3, -0.25) is 4.21 Å². The van der Waals surface area contributed by atoms with E-state index in [9.17, 15) is 4.21 Å². The van der Waals surface area contributed by atoms with E-state index in [1.807, 2.05) is 6.92 Å². The van der Waals surface area contributed by atoms with Crippen molar-refractivity contribution in [2.45, 2.75) is 45.1 Å². The highest BCUT2D eigenvalue weighted by molar-refractivity contribution is 7.85. The largest absolute Gasteiger partial charge is 0.327 e. The second kappa shape index (κ2) is 5.76. The lowest BCUT2D eigenvalue weighted by Gasteiger charge is -2.21. The van der Waals surface area contributed by atoms with Crippen LogP contribution in [-0.2, 0) is 10.8 Å². The molecule has 1 aliphatic rings. The maximum atomic E-state index is 11.6. The van der Waals surface area contributed by atoms with E-state index in [0.717, 1.165) is 5.75 Å². The summed E-state index contributed by atoms with van der Waals surface area (Å²) in [5, 5.41) is 0. The zero-order valence-corrected chi connectivity index (χ0v) is 9.31. The van der Waals surface area contributed by atoms with Gasteiger partial charge in [0, 0.05) is 28.3 Å². The number of rotatable bonds is 4. The Bertz CT molecular complexity index is 164. The first kappa shape index (κ1) is 11.2. The minimum atomic E-state index is -0.673. The fraction of sp³-hybridized carbons (Fsp3) is 1.00. The Morgan fingerprint density at radius 3 is 2.54 bits per heavy atom. The third-order valence-corrected chi connectivity index (χ3v) is 4.34. The maximum Gasteiger partial charge on any atom is 0.0384 e. The molecule has 0 heterocycles. The van der Waals surface area contributed by atoms with Gasteiger partial charge in [0.1, 0.15) is 0 Å². The topological polar surface area (TPSA) is 43.1 Å². The molecular formula is C10H21NOS. The highest BCUT2D eigenvalue weighted by atomic mass is 32.2. The molecule has 2 N–H and O–H groups in total. The summed E-state index contributed by atoms with van der Waals surface area (Å²) in [6.45, 7) is 1.93. The molecule has 2 unspecified atom stereocenters. The Morgan fingerprint density at radius 2 is 2.00 bits per heavy atom. The van der Waals surface area contributed by atoms with E-state index >= 15 is 0 Å². The Hall–Kier alpha value is 0.110. The quantitative estimate of drug-likeness (QED) is 0.755. The fourth-order valence-corrected chi connectivity index (χ4v) is 3.56. The van der Waals surface area contributed by atoms with Crippen LogP contribution in [0.4, 0.5) is 0 Å². The van der Waals surface area contributed by atoms with E-state index in [-0.39, 0.29) is 6.04 Å². The molecule has 0 amide bonds. The minimum Gasteiger partial charge on any atom is -0.327 e. The number of hydrogen-bond acceptors (Lipinski definition) is 2. The van der Waals surface area contributed by atoms with E-state index < -0.39 is 10.8 Å². The zero-order chi connectivity index (χ0) is 9.68. The lowest BCUT2D eigenvalue weighted by Crippen LogP contribution is -2.26. The van der Waals surface area contributed by atoms with Crippen LogP contribution in [0.1, 0.15) is 39.0 Å². The van der Waals surface area contributed by atoms with Gasteiger partial charge in [-0.15, -0.1) is 0 Å². The van der Waals surface area contributed by atoms with Crippen molar-refractivity contribution in [3.63, 3.8) is 0 Å². The molecule has 1 fully saturated rings. The standard InChI is InChI=1S/C10H21NOS/c1-9(11)7-13(12)8-10-5-3-2-4-6-10/h9-10H,2-8,11H2,1H3. The number of hydrogen-bond donors (Lipinski definition) is 1. The van der Waals surface area contributed by atoms with Crippen molar-refractivity contribution in [1.82, 2.24) is 0 Å². The summed E-state index contributed by atoms with van der Waals surface area (Å²) in [4.78, 5) is 0. The van der Waals surface area contributed by atoms with Crippen molar-refractivity contribution >= 4 is 10.8 Å². The third-order valence-electron chi connectivity index (χ3n) is 2.60. The van der Waals surface area contributed by atoms with Crippen LogP contribution >= 0.6 is 0 Å². The Balaban J connectivity index is 2.18. The SMILES string of the molecule is CC(N)CS(=O)CC1CCCCC1. The summed E-state index contributed by atoms with van der Waals surface area (Å²) in [5.74, 6) is 2.28. The van der Waals surface area contributed by atoms with Gasteiger partial charge in [-0.25, -0.2) is 0 Å². The molecule has 0 aromatic carbocycles. The Kier molecular flexibility index (Phi) is 4.96. The monoisotopic (exact) mass is 203 g/mol. The highest BCUT2D eigenvalue weighted by Gasteiger charge is 2.16. The molecule has 0 aromatic heterocycles. The van der Waals surface area contributed by atoms with Crippen LogP contribution in [0.15, 0.2) is 0 Å². The predicted octanol–water partition coefficient (Wildman–Crippen LogP) is 1.66. The third kappa shape index (κ3) is 4.77. The first-order valence-corrected chi connectivity index (χ1v) is 6.78. The van der Waals surface area contributed by atoms with Crippen LogP contribution < -0.4 is 5.73 Å². The number of nitrogens with two attached hydrogens (primary N) is 1. The summed E-state index contributed by atoms with van der Waals surface area (Å²) in [6, 6.07) is 0.0874. The first-order valence-electron chi connectivity index (χ1n) is 5.29. The molecule has 0 aliphatic heterocycles. The molecule has 2 atom stereocenters. The zero-order valence-electron chi connectivity index (χ0n) is 8.50. The lowest BCUT2D eigenvalue weighted by molar-refractivity contribution is 0.388. The van der Waals surface area contributed by atoms with Crippen LogP contribution in [-0.4, -0.2) is 21.8 Å². The van der Waals surface area contributed by atoms with Crippen molar-refractivity contribution in [3.05, 3.63) is 0 Å². The van der Waals surface area contributed by atoms with E-state index in [4.69, 9.17) is 5.73 Å². The molecule has 2 nitrogen and oxygen atoms in total. The molecular weight excluding hydrogens is 182 g/mol. The average Bonchev–Trinajstić information content (AvgIpc) is 2.04. The van der Waals surface area contributed by atoms with Crippen molar-refractivity contribution in [2.75, 3.05) is 11.5 Å². The Labute approximate surface area is 83.7 Å². The summed E-state index contributed by atoms with van der Waals surface area (Å²) in [5.41, 5.74) is 5.61. The van der Waals surface area contributed by atoms with Crippen molar-refractivity contribution in [2.24, 2.45) is 11.7 Å². The van der Waals surface area contributed by atoms with E-state index in [1.54, 1.807) is 0 Å². The van der Waals surface area contributed by atoms with Crippen LogP contribution in [0, 0.1) is 5.92 Å². The van der Waals surface area contributed by atoms with E-state index in [0.29, 0.717) is 11.7 Å². The van der Waals surface area contributed by atoms with Gasteiger partial charge in [0.05, 0.1) is 0 Å². The molecule has 1 saturated carbocycles. The molecule has 78 valence electrons. The van der Waals surface area contributed by atoms with Gasteiger partial charge in [0.15, 0.2) is 0 Å². The lowest BCUT2D eigenvalue weighted by atomic mass is 9.91. The minimum absolute atomic E-state index is 0.0874. The summed E-state index contributed by atoms with van der Waals surface area (Å²) in [7, 11) is -0.673. The fourth-order valence-electron chi connectivity index (χ4n) is 1.98. The van der Waals surface area contributed by atoms with Gasteiger partial charge in [-0.2, -0.15) is 0 Å². The van der Waals surface area contributed by atoms with Gasteiger partial charge in [-0.05, 0) is 25.7 Å². The van der Waals surface area contributed by atoms with Gasteiger partial charge in [0.2, 0.25) is 0 Å². The maximum absolute atomic E-state index is 11.6. The molecule has 13 heavy (non-hydrogen) atoms. The first-order chi connectivity index (χ1) is 6.18. The van der Waals surface area contributed by atoms with Crippen LogP contribution in [0.3, 0.4) is 0 Å². The molecule has 0 radical (unpaired) electrons. The van der Waals surface area contributed by atoms with Gasteiger partial charge < -0.3 is 5.73 Å². The van der Waals surface area contributed by atoms with Crippen LogP contribution in [0.2, 0.25) is 0 Å². The molecule has 1 rings (SSSR count). The Morgan fingerprint density at radius 1 is 1.38 bits per heavy atom. The van der Waals surface area contributed by atoms with Gasteiger partial charge in [-0.1, -0.05) is 19.3 Å². The normalized spacial score (nSPS) is 24.2. The van der Waals surface area contributed by atoms with Crippen molar-refractivity contribution in [3.8, 4) is 0 Å². The molecule has 3 heteroatoms. The average molecular weight is 203 g/mol. The van der Waals surface area contributed by atoms with E-state index in [1.165, 1.54) is 32.1 Å². The van der Waals surface area contributed by atoms with Gasteiger partial charge in [0.25, 0.3) is 0 Å². The molecule has 0 saturated heterocycles. The molecule has 0 aromatic rings. The van der Waals surface area contributed by atoms with Crippen LogP contribution in [0.5, 0.6) is 0 Å². The van der Waals surface area contributed by atoms with E-state index in [2.05, 4.69) is 0 Å². The second-order valence-corrected chi connectivity index (χ2v) is 5.80. The van der Waals surface area contributed by atoms with Crippen LogP contribution in [0.25, 0.3) is 0 Å². The highest BCUT2D eigenvalue weighted by Crippen LogP contribution is 2.24.